The number of benzene rings is 3. The Morgan fingerprint density at radius 1 is 0.931 bits per heavy atom. The van der Waals surface area contributed by atoms with Gasteiger partial charge >= 0.3 is 0 Å². The van der Waals surface area contributed by atoms with Crippen molar-refractivity contribution in [1.82, 2.24) is 0 Å². The van der Waals surface area contributed by atoms with E-state index in [-0.39, 0.29) is 24.8 Å². The van der Waals surface area contributed by atoms with E-state index in [9.17, 15) is 9.59 Å². The average molecular weight is 388 g/mol. The molecule has 1 aliphatic heterocycles. The molecule has 1 N–H and O–H groups in total. The predicted molar refractivity (Wildman–Crippen MR) is 110 cm³/mol. The van der Waals surface area contributed by atoms with Crippen molar-refractivity contribution in [3.05, 3.63) is 78.9 Å². The third-order valence-corrected chi connectivity index (χ3v) is 4.45. The van der Waals surface area contributed by atoms with Gasteiger partial charge in [0.05, 0.1) is 18.7 Å². The molecule has 2 amide bonds. The maximum absolute atomic E-state index is 12.5. The average Bonchev–Trinajstić information content (AvgIpc) is 2.89. The number of nitrogens with one attached hydrogen (secondary N) is 1. The van der Waals surface area contributed by atoms with E-state index in [0.717, 1.165) is 5.75 Å². The number of para-hydroxylation sites is 3. The van der Waals surface area contributed by atoms with Crippen LogP contribution in [0.25, 0.3) is 0 Å². The number of hydrogen-bond acceptors (Lipinski definition) is 4. The molecular weight excluding hydrogens is 368 g/mol. The van der Waals surface area contributed by atoms with Crippen LogP contribution in [-0.2, 0) is 9.59 Å². The van der Waals surface area contributed by atoms with Gasteiger partial charge in [0.15, 0.2) is 0 Å². The molecule has 0 atom stereocenters. The van der Waals surface area contributed by atoms with E-state index in [1.165, 1.54) is 4.90 Å². The van der Waals surface area contributed by atoms with Gasteiger partial charge in [0.25, 0.3) is 0 Å². The smallest absolute Gasteiger partial charge is 0.244 e. The van der Waals surface area contributed by atoms with Crippen molar-refractivity contribution in [2.24, 2.45) is 0 Å². The summed E-state index contributed by atoms with van der Waals surface area (Å²) in [6.07, 6.45) is 0.230. The number of carbonyl (C=O) groups is 2. The minimum absolute atomic E-state index is 0.0819. The number of nitrogens with zero attached hydrogens (tertiary/aromatic N) is 1. The summed E-state index contributed by atoms with van der Waals surface area (Å²) in [5.41, 5.74) is 1.24. The molecule has 4 rings (SSSR count). The summed E-state index contributed by atoms with van der Waals surface area (Å²) in [6.45, 7) is 0.221. The van der Waals surface area contributed by atoms with E-state index < -0.39 is 0 Å². The van der Waals surface area contributed by atoms with Gasteiger partial charge in [-0.25, -0.2) is 0 Å². The highest BCUT2D eigenvalue weighted by atomic mass is 16.5. The van der Waals surface area contributed by atoms with Gasteiger partial charge < -0.3 is 14.8 Å². The third-order valence-electron chi connectivity index (χ3n) is 4.45. The van der Waals surface area contributed by atoms with Crippen molar-refractivity contribution in [3.63, 3.8) is 0 Å². The molecular formula is C23H20N2O4. The predicted octanol–water partition coefficient (Wildman–Crippen LogP) is 4.23. The first-order valence-electron chi connectivity index (χ1n) is 9.34. The van der Waals surface area contributed by atoms with Gasteiger partial charge in [-0.3, -0.25) is 14.5 Å². The van der Waals surface area contributed by atoms with Crippen LogP contribution in [0.2, 0.25) is 0 Å². The van der Waals surface area contributed by atoms with Crippen LogP contribution in [0.1, 0.15) is 6.42 Å². The molecule has 6 heteroatoms. The Morgan fingerprint density at radius 2 is 1.62 bits per heavy atom. The number of ether oxygens (including phenoxy) is 2. The Labute approximate surface area is 168 Å². The second-order valence-corrected chi connectivity index (χ2v) is 6.53. The Kier molecular flexibility index (Phi) is 5.42. The highest BCUT2D eigenvalue weighted by molar-refractivity contribution is 6.03. The largest absolute Gasteiger partial charge is 0.491 e. The highest BCUT2D eigenvalue weighted by Crippen LogP contribution is 2.31. The molecule has 3 aromatic rings. The standard InChI is InChI=1S/C23H20N2O4/c26-22(16-25-20-8-4-5-9-21(20)28-15-14-23(25)27)24-17-10-12-19(13-11-17)29-18-6-2-1-3-7-18/h1-13H,14-16H2,(H,24,26). The van der Waals surface area contributed by atoms with Crippen LogP contribution in [0.3, 0.4) is 0 Å². The van der Waals surface area contributed by atoms with Crippen LogP contribution >= 0.6 is 0 Å². The second-order valence-electron chi connectivity index (χ2n) is 6.53. The summed E-state index contributed by atoms with van der Waals surface area (Å²) in [7, 11) is 0. The SMILES string of the molecule is O=C(CN1C(=O)CCOc2ccccc21)Nc1ccc(Oc2ccccc2)cc1. The maximum atomic E-state index is 12.5. The first-order valence-corrected chi connectivity index (χ1v) is 9.34. The highest BCUT2D eigenvalue weighted by Gasteiger charge is 2.25. The minimum Gasteiger partial charge on any atom is -0.491 e. The first kappa shape index (κ1) is 18.6. The van der Waals surface area contributed by atoms with Gasteiger partial charge in [-0.05, 0) is 48.5 Å². The van der Waals surface area contributed by atoms with Crippen LogP contribution in [0, 0.1) is 0 Å². The lowest BCUT2D eigenvalue weighted by atomic mass is 10.2. The van der Waals surface area contributed by atoms with E-state index in [0.29, 0.717) is 29.5 Å². The molecule has 6 nitrogen and oxygen atoms in total. The van der Waals surface area contributed by atoms with Gasteiger partial charge in [0.2, 0.25) is 11.8 Å². The third kappa shape index (κ3) is 4.55. The number of rotatable bonds is 5. The molecule has 29 heavy (non-hydrogen) atoms. The normalized spacial score (nSPS) is 13.1. The zero-order valence-electron chi connectivity index (χ0n) is 15.7. The van der Waals surface area contributed by atoms with Crippen molar-refractivity contribution < 1.29 is 19.1 Å². The lowest BCUT2D eigenvalue weighted by molar-refractivity contribution is -0.121. The van der Waals surface area contributed by atoms with Crippen LogP contribution in [0.15, 0.2) is 78.9 Å². The molecule has 1 aliphatic rings. The molecule has 0 spiro atoms. The van der Waals surface area contributed by atoms with Crippen LogP contribution in [0.4, 0.5) is 11.4 Å². The monoisotopic (exact) mass is 388 g/mol. The van der Waals surface area contributed by atoms with Crippen molar-refractivity contribution in [2.75, 3.05) is 23.4 Å². The van der Waals surface area contributed by atoms with Crippen molar-refractivity contribution in [2.45, 2.75) is 6.42 Å². The van der Waals surface area contributed by atoms with Crippen LogP contribution in [-0.4, -0.2) is 25.0 Å². The number of fused-ring (bicyclic) bond motifs is 1. The zero-order valence-corrected chi connectivity index (χ0v) is 15.7. The van der Waals surface area contributed by atoms with E-state index in [1.807, 2.05) is 42.5 Å². The summed E-state index contributed by atoms with van der Waals surface area (Å²) in [5.74, 6) is 1.59. The molecule has 0 aliphatic carbocycles. The van der Waals surface area contributed by atoms with E-state index in [2.05, 4.69) is 5.32 Å². The lowest BCUT2D eigenvalue weighted by Crippen LogP contribution is -2.37. The van der Waals surface area contributed by atoms with Gasteiger partial charge in [0.1, 0.15) is 23.8 Å². The number of hydrogen-bond donors (Lipinski definition) is 1. The molecule has 0 radical (unpaired) electrons. The maximum Gasteiger partial charge on any atom is 0.244 e. The van der Waals surface area contributed by atoms with E-state index in [1.54, 1.807) is 36.4 Å². The fourth-order valence-electron chi connectivity index (χ4n) is 3.07. The molecule has 0 saturated heterocycles. The molecule has 0 bridgehead atoms. The van der Waals surface area contributed by atoms with Gasteiger partial charge in [-0.2, -0.15) is 0 Å². The number of carbonyl (C=O) groups excluding carboxylic acids is 2. The number of anilines is 2. The summed E-state index contributed by atoms with van der Waals surface area (Å²) < 4.78 is 11.4. The fourth-order valence-corrected chi connectivity index (χ4v) is 3.07. The fraction of sp³-hybridized carbons (Fsp3) is 0.130. The lowest BCUT2D eigenvalue weighted by Gasteiger charge is -2.21. The summed E-state index contributed by atoms with van der Waals surface area (Å²) in [6, 6.07) is 23.8. The molecule has 0 unspecified atom stereocenters. The minimum atomic E-state index is -0.285. The summed E-state index contributed by atoms with van der Waals surface area (Å²) >= 11 is 0. The van der Waals surface area contributed by atoms with Crippen LogP contribution < -0.4 is 19.7 Å². The van der Waals surface area contributed by atoms with Gasteiger partial charge in [-0.15, -0.1) is 0 Å². The molecule has 3 aromatic carbocycles. The van der Waals surface area contributed by atoms with E-state index in [4.69, 9.17) is 9.47 Å². The Hall–Kier alpha value is -3.80. The van der Waals surface area contributed by atoms with Gasteiger partial charge in [-0.1, -0.05) is 30.3 Å². The Bertz CT molecular complexity index is 1000. The quantitative estimate of drug-likeness (QED) is 0.710. The van der Waals surface area contributed by atoms with Crippen molar-refractivity contribution in [1.29, 1.82) is 0 Å². The zero-order chi connectivity index (χ0) is 20.1. The van der Waals surface area contributed by atoms with Gasteiger partial charge in [0, 0.05) is 5.69 Å². The Balaban J connectivity index is 1.41. The Morgan fingerprint density at radius 3 is 2.41 bits per heavy atom. The molecule has 0 aromatic heterocycles. The second kappa shape index (κ2) is 8.48. The molecule has 0 saturated carbocycles. The molecule has 0 fully saturated rings. The van der Waals surface area contributed by atoms with Crippen molar-refractivity contribution >= 4 is 23.2 Å². The van der Waals surface area contributed by atoms with Crippen molar-refractivity contribution in [3.8, 4) is 17.2 Å². The number of amides is 2. The van der Waals surface area contributed by atoms with E-state index >= 15 is 0 Å². The summed E-state index contributed by atoms with van der Waals surface area (Å²) in [4.78, 5) is 26.4. The van der Waals surface area contributed by atoms with Crippen LogP contribution in [0.5, 0.6) is 17.2 Å². The topological polar surface area (TPSA) is 67.9 Å². The first-order chi connectivity index (χ1) is 14.2. The molecule has 146 valence electrons. The molecule has 1 heterocycles. The summed E-state index contributed by atoms with van der Waals surface area (Å²) in [5, 5.41) is 2.82.